The van der Waals surface area contributed by atoms with Gasteiger partial charge in [0.05, 0.1) is 18.8 Å². The van der Waals surface area contributed by atoms with Crippen LogP contribution >= 0.6 is 12.4 Å². The summed E-state index contributed by atoms with van der Waals surface area (Å²) < 4.78 is 14.4. The van der Waals surface area contributed by atoms with Crippen LogP contribution in [0.2, 0.25) is 0 Å². The van der Waals surface area contributed by atoms with Crippen molar-refractivity contribution in [2.45, 2.75) is 31.1 Å². The molecule has 5 nitrogen and oxygen atoms in total. The van der Waals surface area contributed by atoms with Gasteiger partial charge < -0.3 is 16.0 Å². The van der Waals surface area contributed by atoms with E-state index in [4.69, 9.17) is 5.73 Å². The van der Waals surface area contributed by atoms with E-state index in [0.29, 0.717) is 17.8 Å². The van der Waals surface area contributed by atoms with Gasteiger partial charge in [0, 0.05) is 17.5 Å². The second-order valence-corrected chi connectivity index (χ2v) is 6.08. The molecule has 126 valence electrons. The Hall–Kier alpha value is -1.66. The number of carbonyl (C=O) groups excluding carboxylic acids is 2. The van der Waals surface area contributed by atoms with Gasteiger partial charge in [-0.25, -0.2) is 4.39 Å². The molecule has 0 saturated heterocycles. The van der Waals surface area contributed by atoms with Gasteiger partial charge in [-0.05, 0) is 25.0 Å². The highest BCUT2D eigenvalue weighted by atomic mass is 35.5. The molecule has 1 fully saturated rings. The van der Waals surface area contributed by atoms with Gasteiger partial charge in [-0.2, -0.15) is 0 Å². The summed E-state index contributed by atoms with van der Waals surface area (Å²) in [5.41, 5.74) is 6.28. The standard InChI is InChI=1S/C16H20FN3O2.ClH/c17-11-4-3-5-12-15(11)16(6-1-2-7-16)10-20(12)14(22)9-19-13(21)8-18;/h3-5H,1-2,6-10,18H2,(H,19,21);1H. The van der Waals surface area contributed by atoms with E-state index in [1.807, 2.05) is 0 Å². The second kappa shape index (κ2) is 6.84. The third-order valence-corrected chi connectivity index (χ3v) is 4.76. The molecule has 1 aliphatic heterocycles. The van der Waals surface area contributed by atoms with Crippen molar-refractivity contribution in [3.63, 3.8) is 0 Å². The molecule has 0 aromatic heterocycles. The fourth-order valence-electron chi connectivity index (χ4n) is 3.75. The van der Waals surface area contributed by atoms with Gasteiger partial charge in [-0.1, -0.05) is 18.9 Å². The molecule has 2 amide bonds. The van der Waals surface area contributed by atoms with Crippen LogP contribution in [0.3, 0.4) is 0 Å². The first-order valence-corrected chi connectivity index (χ1v) is 7.63. The Bertz CT molecular complexity index is 617. The smallest absolute Gasteiger partial charge is 0.246 e. The van der Waals surface area contributed by atoms with Crippen molar-refractivity contribution in [1.82, 2.24) is 5.32 Å². The maximum absolute atomic E-state index is 14.4. The minimum atomic E-state index is -0.373. The van der Waals surface area contributed by atoms with Crippen molar-refractivity contribution in [3.8, 4) is 0 Å². The number of nitrogens with one attached hydrogen (secondary N) is 1. The molecule has 1 spiro atoms. The zero-order valence-corrected chi connectivity index (χ0v) is 13.6. The Morgan fingerprint density at radius 1 is 1.30 bits per heavy atom. The lowest BCUT2D eigenvalue weighted by atomic mass is 9.80. The van der Waals surface area contributed by atoms with Gasteiger partial charge in [0.1, 0.15) is 5.82 Å². The molecule has 3 N–H and O–H groups in total. The SMILES string of the molecule is Cl.NCC(=O)NCC(=O)N1CC2(CCCC2)c2c(F)cccc21. The summed E-state index contributed by atoms with van der Waals surface area (Å²) in [5.74, 6) is -0.833. The number of hydrogen-bond acceptors (Lipinski definition) is 3. The number of nitrogens with two attached hydrogens (primary N) is 1. The van der Waals surface area contributed by atoms with Crippen LogP contribution in [-0.4, -0.2) is 31.4 Å². The van der Waals surface area contributed by atoms with Crippen LogP contribution in [0.4, 0.5) is 10.1 Å². The van der Waals surface area contributed by atoms with Gasteiger partial charge in [0.2, 0.25) is 11.8 Å². The summed E-state index contributed by atoms with van der Waals surface area (Å²) in [6.45, 7) is 0.241. The van der Waals surface area contributed by atoms with Crippen molar-refractivity contribution in [2.75, 3.05) is 24.5 Å². The first-order valence-electron chi connectivity index (χ1n) is 7.63. The van der Waals surface area contributed by atoms with E-state index in [0.717, 1.165) is 25.7 Å². The summed E-state index contributed by atoms with van der Waals surface area (Å²) in [6, 6.07) is 4.87. The molecule has 0 unspecified atom stereocenters. The van der Waals surface area contributed by atoms with E-state index in [-0.39, 0.29) is 48.5 Å². The lowest BCUT2D eigenvalue weighted by Gasteiger charge is -2.25. The summed E-state index contributed by atoms with van der Waals surface area (Å²) >= 11 is 0. The molecule has 3 rings (SSSR count). The van der Waals surface area contributed by atoms with Crippen molar-refractivity contribution in [2.24, 2.45) is 5.73 Å². The minimum Gasteiger partial charge on any atom is -0.346 e. The van der Waals surface area contributed by atoms with Crippen LogP contribution in [-0.2, 0) is 15.0 Å². The molecule has 1 saturated carbocycles. The fourth-order valence-corrected chi connectivity index (χ4v) is 3.75. The van der Waals surface area contributed by atoms with E-state index >= 15 is 0 Å². The Balaban J connectivity index is 0.00000192. The first-order chi connectivity index (χ1) is 10.6. The van der Waals surface area contributed by atoms with E-state index in [9.17, 15) is 14.0 Å². The van der Waals surface area contributed by atoms with Crippen LogP contribution in [0, 0.1) is 5.82 Å². The molecular weight excluding hydrogens is 321 g/mol. The average Bonchev–Trinajstić information content (AvgIpc) is 3.11. The molecule has 1 heterocycles. The van der Waals surface area contributed by atoms with Crippen LogP contribution in [0.15, 0.2) is 18.2 Å². The van der Waals surface area contributed by atoms with Crippen molar-refractivity contribution in [3.05, 3.63) is 29.6 Å². The highest BCUT2D eigenvalue weighted by Crippen LogP contribution is 2.51. The largest absolute Gasteiger partial charge is 0.346 e. The van der Waals surface area contributed by atoms with Crippen LogP contribution in [0.25, 0.3) is 0 Å². The predicted molar refractivity (Wildman–Crippen MR) is 88.2 cm³/mol. The van der Waals surface area contributed by atoms with Gasteiger partial charge in [-0.15, -0.1) is 12.4 Å². The number of rotatable bonds is 3. The maximum atomic E-state index is 14.4. The molecule has 2 aliphatic rings. The topological polar surface area (TPSA) is 75.4 Å². The number of nitrogens with zero attached hydrogens (tertiary/aromatic N) is 1. The Labute approximate surface area is 140 Å². The monoisotopic (exact) mass is 341 g/mol. The summed E-state index contributed by atoms with van der Waals surface area (Å²) in [6.07, 6.45) is 3.92. The summed E-state index contributed by atoms with van der Waals surface area (Å²) in [4.78, 5) is 25.3. The number of hydrogen-bond donors (Lipinski definition) is 2. The number of carbonyl (C=O) groups is 2. The Morgan fingerprint density at radius 3 is 2.65 bits per heavy atom. The van der Waals surface area contributed by atoms with E-state index < -0.39 is 0 Å². The molecule has 1 aromatic carbocycles. The molecule has 23 heavy (non-hydrogen) atoms. The van der Waals surface area contributed by atoms with Gasteiger partial charge in [0.25, 0.3) is 0 Å². The zero-order chi connectivity index (χ0) is 15.7. The molecule has 1 aliphatic carbocycles. The zero-order valence-electron chi connectivity index (χ0n) is 12.8. The molecule has 0 atom stereocenters. The summed E-state index contributed by atoms with van der Waals surface area (Å²) in [7, 11) is 0. The van der Waals surface area contributed by atoms with Crippen LogP contribution in [0.1, 0.15) is 31.2 Å². The number of benzene rings is 1. The van der Waals surface area contributed by atoms with Gasteiger partial charge in [0.15, 0.2) is 0 Å². The second-order valence-electron chi connectivity index (χ2n) is 6.08. The van der Waals surface area contributed by atoms with E-state index in [2.05, 4.69) is 5.32 Å². The molecule has 1 aromatic rings. The number of halogens is 2. The van der Waals surface area contributed by atoms with Gasteiger partial charge >= 0.3 is 0 Å². The number of anilines is 1. The van der Waals surface area contributed by atoms with Crippen molar-refractivity contribution >= 4 is 29.9 Å². The predicted octanol–water partition coefficient (Wildman–Crippen LogP) is 1.48. The Morgan fingerprint density at radius 2 is 2.00 bits per heavy atom. The van der Waals surface area contributed by atoms with Gasteiger partial charge in [-0.3, -0.25) is 9.59 Å². The normalized spacial score (nSPS) is 17.7. The van der Waals surface area contributed by atoms with Crippen LogP contribution < -0.4 is 16.0 Å². The average molecular weight is 342 g/mol. The first kappa shape index (κ1) is 17.7. The summed E-state index contributed by atoms with van der Waals surface area (Å²) in [5, 5.41) is 2.48. The highest BCUT2D eigenvalue weighted by molar-refractivity contribution is 5.99. The third kappa shape index (κ3) is 3.05. The molecular formula is C16H21ClFN3O2. The van der Waals surface area contributed by atoms with E-state index in [1.165, 1.54) is 6.07 Å². The van der Waals surface area contributed by atoms with Crippen molar-refractivity contribution < 1.29 is 14.0 Å². The molecule has 0 radical (unpaired) electrons. The number of fused-ring (bicyclic) bond motifs is 2. The van der Waals surface area contributed by atoms with E-state index in [1.54, 1.807) is 17.0 Å². The quantitative estimate of drug-likeness (QED) is 0.874. The third-order valence-electron chi connectivity index (χ3n) is 4.76. The Kier molecular flexibility index (Phi) is 5.26. The minimum absolute atomic E-state index is 0. The van der Waals surface area contributed by atoms with Crippen LogP contribution in [0.5, 0.6) is 0 Å². The maximum Gasteiger partial charge on any atom is 0.246 e. The lowest BCUT2D eigenvalue weighted by molar-refractivity contribution is -0.124. The fraction of sp³-hybridized carbons (Fsp3) is 0.500. The number of amides is 2. The highest BCUT2D eigenvalue weighted by Gasteiger charge is 2.47. The lowest BCUT2D eigenvalue weighted by Crippen LogP contribution is -2.43. The molecule has 0 bridgehead atoms. The van der Waals surface area contributed by atoms with Crippen molar-refractivity contribution in [1.29, 1.82) is 0 Å². The molecule has 7 heteroatoms.